The Morgan fingerprint density at radius 2 is 2.04 bits per heavy atom. The van der Waals surface area contributed by atoms with Crippen LogP contribution in [0.4, 0.5) is 0 Å². The zero-order valence-electron chi connectivity index (χ0n) is 12.6. The second-order valence-electron chi connectivity index (χ2n) is 5.34. The summed E-state index contributed by atoms with van der Waals surface area (Å²) >= 11 is 3.30. The van der Waals surface area contributed by atoms with Crippen LogP contribution in [-0.4, -0.2) is 36.9 Å². The molecule has 0 radical (unpaired) electrons. The number of ether oxygens (including phenoxy) is 1. The standard InChI is InChI=1S/C16H14BrN3O3S/c17-13-1-3-15(4-2-13)24(21,22)20-8-6-14(11-20)23-16-9-12(10-18)5-7-19-16/h1-5,7,9,14H,6,8,11H2. The van der Waals surface area contributed by atoms with E-state index in [1.807, 2.05) is 6.07 Å². The number of nitriles is 1. The van der Waals surface area contributed by atoms with Gasteiger partial charge in [-0.1, -0.05) is 15.9 Å². The molecule has 6 nitrogen and oxygen atoms in total. The van der Waals surface area contributed by atoms with Crippen LogP contribution in [0, 0.1) is 11.3 Å². The lowest BCUT2D eigenvalue weighted by atomic mass is 10.3. The van der Waals surface area contributed by atoms with Gasteiger partial charge in [0.15, 0.2) is 0 Å². The minimum Gasteiger partial charge on any atom is -0.473 e. The maximum atomic E-state index is 12.6. The summed E-state index contributed by atoms with van der Waals surface area (Å²) in [5.41, 5.74) is 0.456. The lowest BCUT2D eigenvalue weighted by molar-refractivity contribution is 0.207. The summed E-state index contributed by atoms with van der Waals surface area (Å²) in [5.74, 6) is 0.335. The summed E-state index contributed by atoms with van der Waals surface area (Å²) in [6.45, 7) is 0.651. The van der Waals surface area contributed by atoms with Crippen LogP contribution in [0.15, 0.2) is 52.0 Å². The van der Waals surface area contributed by atoms with Crippen molar-refractivity contribution in [1.29, 1.82) is 5.26 Å². The van der Waals surface area contributed by atoms with Gasteiger partial charge >= 0.3 is 0 Å². The molecular weight excluding hydrogens is 394 g/mol. The van der Waals surface area contributed by atoms with Crippen molar-refractivity contribution in [2.24, 2.45) is 0 Å². The van der Waals surface area contributed by atoms with Gasteiger partial charge in [0.2, 0.25) is 15.9 Å². The predicted molar refractivity (Wildman–Crippen MR) is 90.9 cm³/mol. The molecule has 2 heterocycles. The highest BCUT2D eigenvalue weighted by Crippen LogP contribution is 2.24. The number of benzene rings is 1. The van der Waals surface area contributed by atoms with Gasteiger partial charge in [-0.2, -0.15) is 9.57 Å². The first kappa shape index (κ1) is 16.9. The van der Waals surface area contributed by atoms with Gasteiger partial charge in [0.05, 0.1) is 23.1 Å². The molecule has 0 N–H and O–H groups in total. The lowest BCUT2D eigenvalue weighted by Crippen LogP contribution is -2.31. The Morgan fingerprint density at radius 3 is 2.75 bits per heavy atom. The third-order valence-corrected chi connectivity index (χ3v) is 6.12. The molecule has 1 aromatic heterocycles. The van der Waals surface area contributed by atoms with Crippen molar-refractivity contribution in [3.05, 3.63) is 52.6 Å². The van der Waals surface area contributed by atoms with Crippen molar-refractivity contribution in [1.82, 2.24) is 9.29 Å². The molecule has 1 aliphatic heterocycles. The van der Waals surface area contributed by atoms with E-state index in [-0.39, 0.29) is 17.5 Å². The molecule has 8 heteroatoms. The van der Waals surface area contributed by atoms with E-state index in [0.29, 0.717) is 24.4 Å². The zero-order chi connectivity index (χ0) is 17.2. The second kappa shape index (κ2) is 6.89. The minimum atomic E-state index is -3.53. The lowest BCUT2D eigenvalue weighted by Gasteiger charge is -2.17. The first-order chi connectivity index (χ1) is 11.5. The molecule has 0 aliphatic carbocycles. The van der Waals surface area contributed by atoms with Gasteiger partial charge in [0.25, 0.3) is 0 Å². The molecule has 1 aromatic carbocycles. The van der Waals surface area contributed by atoms with E-state index in [9.17, 15) is 8.42 Å². The fraction of sp³-hybridized carbons (Fsp3) is 0.250. The number of hydrogen-bond donors (Lipinski definition) is 0. The Kier molecular flexibility index (Phi) is 4.85. The van der Waals surface area contributed by atoms with Crippen LogP contribution < -0.4 is 4.74 Å². The van der Waals surface area contributed by atoms with E-state index in [2.05, 4.69) is 20.9 Å². The Labute approximate surface area is 148 Å². The molecule has 24 heavy (non-hydrogen) atoms. The zero-order valence-corrected chi connectivity index (χ0v) is 15.0. The molecule has 1 aliphatic rings. The van der Waals surface area contributed by atoms with Crippen LogP contribution in [0.25, 0.3) is 0 Å². The van der Waals surface area contributed by atoms with Gasteiger partial charge in [-0.25, -0.2) is 13.4 Å². The fourth-order valence-electron chi connectivity index (χ4n) is 2.48. The van der Waals surface area contributed by atoms with Crippen molar-refractivity contribution < 1.29 is 13.2 Å². The number of halogens is 1. The number of sulfonamides is 1. The summed E-state index contributed by atoms with van der Waals surface area (Å²) in [5, 5.41) is 8.89. The van der Waals surface area contributed by atoms with Crippen LogP contribution in [-0.2, 0) is 10.0 Å². The van der Waals surface area contributed by atoms with E-state index >= 15 is 0 Å². The molecular formula is C16H14BrN3O3S. The SMILES string of the molecule is N#Cc1ccnc(OC2CCN(S(=O)(=O)c3ccc(Br)cc3)C2)c1. The number of nitrogens with zero attached hydrogens (tertiary/aromatic N) is 3. The monoisotopic (exact) mass is 407 g/mol. The van der Waals surface area contributed by atoms with E-state index in [1.54, 1.807) is 36.4 Å². The summed E-state index contributed by atoms with van der Waals surface area (Å²) in [4.78, 5) is 4.32. The quantitative estimate of drug-likeness (QED) is 0.777. The summed E-state index contributed by atoms with van der Waals surface area (Å²) < 4.78 is 33.2. The van der Waals surface area contributed by atoms with Crippen LogP contribution >= 0.6 is 15.9 Å². The minimum absolute atomic E-state index is 0.260. The van der Waals surface area contributed by atoms with Crippen molar-refractivity contribution in [2.75, 3.05) is 13.1 Å². The topological polar surface area (TPSA) is 83.3 Å². The molecule has 1 saturated heterocycles. The van der Waals surface area contributed by atoms with E-state index in [0.717, 1.165) is 4.47 Å². The first-order valence-electron chi connectivity index (χ1n) is 7.27. The van der Waals surface area contributed by atoms with Crippen molar-refractivity contribution >= 4 is 26.0 Å². The summed E-state index contributed by atoms with van der Waals surface area (Å²) in [7, 11) is -3.53. The maximum Gasteiger partial charge on any atom is 0.243 e. The molecule has 0 amide bonds. The molecule has 1 unspecified atom stereocenters. The molecule has 1 atom stereocenters. The Hall–Kier alpha value is -1.95. The average molecular weight is 408 g/mol. The van der Waals surface area contributed by atoms with Gasteiger partial charge in [-0.3, -0.25) is 0 Å². The van der Waals surface area contributed by atoms with Crippen LogP contribution in [0.2, 0.25) is 0 Å². The molecule has 2 aromatic rings. The number of rotatable bonds is 4. The largest absolute Gasteiger partial charge is 0.473 e. The van der Waals surface area contributed by atoms with Crippen LogP contribution in [0.1, 0.15) is 12.0 Å². The smallest absolute Gasteiger partial charge is 0.243 e. The van der Waals surface area contributed by atoms with Gasteiger partial charge in [0.1, 0.15) is 6.10 Å². The summed E-state index contributed by atoms with van der Waals surface area (Å²) in [6, 6.07) is 11.7. The third kappa shape index (κ3) is 3.59. The van der Waals surface area contributed by atoms with Crippen LogP contribution in [0.3, 0.4) is 0 Å². The Morgan fingerprint density at radius 1 is 1.29 bits per heavy atom. The number of hydrogen-bond acceptors (Lipinski definition) is 5. The number of pyridine rings is 1. The van der Waals surface area contributed by atoms with E-state index in [1.165, 1.54) is 10.5 Å². The molecule has 124 valence electrons. The van der Waals surface area contributed by atoms with E-state index < -0.39 is 10.0 Å². The highest BCUT2D eigenvalue weighted by molar-refractivity contribution is 9.10. The van der Waals surface area contributed by atoms with Gasteiger partial charge in [-0.05, 0) is 36.8 Å². The average Bonchev–Trinajstić information content (AvgIpc) is 3.05. The Bertz CT molecular complexity index is 878. The second-order valence-corrected chi connectivity index (χ2v) is 8.19. The highest BCUT2D eigenvalue weighted by atomic mass is 79.9. The Balaban J connectivity index is 1.70. The van der Waals surface area contributed by atoms with Crippen LogP contribution in [0.5, 0.6) is 5.88 Å². The maximum absolute atomic E-state index is 12.6. The highest BCUT2D eigenvalue weighted by Gasteiger charge is 2.33. The van der Waals surface area contributed by atoms with Gasteiger partial charge < -0.3 is 4.74 Å². The number of aromatic nitrogens is 1. The van der Waals surface area contributed by atoms with E-state index in [4.69, 9.17) is 10.00 Å². The molecule has 3 rings (SSSR count). The first-order valence-corrected chi connectivity index (χ1v) is 9.51. The van der Waals surface area contributed by atoms with Gasteiger partial charge in [0, 0.05) is 23.3 Å². The molecule has 0 spiro atoms. The van der Waals surface area contributed by atoms with Crippen molar-refractivity contribution in [2.45, 2.75) is 17.4 Å². The third-order valence-electron chi connectivity index (χ3n) is 3.71. The van der Waals surface area contributed by atoms with Crippen molar-refractivity contribution in [3.63, 3.8) is 0 Å². The molecule has 0 bridgehead atoms. The normalized spacial score (nSPS) is 18.2. The van der Waals surface area contributed by atoms with Gasteiger partial charge in [-0.15, -0.1) is 0 Å². The predicted octanol–water partition coefficient (Wildman–Crippen LogP) is 2.56. The van der Waals surface area contributed by atoms with Crippen molar-refractivity contribution in [3.8, 4) is 11.9 Å². The fourth-order valence-corrected chi connectivity index (χ4v) is 4.23. The summed E-state index contributed by atoms with van der Waals surface area (Å²) in [6.07, 6.45) is 1.80. The molecule has 0 saturated carbocycles. The molecule has 1 fully saturated rings.